The third kappa shape index (κ3) is 4.24. The highest BCUT2D eigenvalue weighted by molar-refractivity contribution is 5.93. The number of carbonyl (C=O) groups excluding carboxylic acids is 2. The number of aryl methyl sites for hydroxylation is 1. The average Bonchev–Trinajstić information content (AvgIpc) is 2.93. The number of nitrogens with zero attached hydrogens (tertiary/aromatic N) is 2. The zero-order valence-electron chi connectivity index (χ0n) is 16.6. The van der Waals surface area contributed by atoms with E-state index in [1.54, 1.807) is 0 Å². The van der Waals surface area contributed by atoms with E-state index < -0.39 is 5.97 Å². The zero-order chi connectivity index (χ0) is 19.6. The van der Waals surface area contributed by atoms with Crippen LogP contribution in [-0.4, -0.2) is 41.0 Å². The molecule has 0 saturated carbocycles. The van der Waals surface area contributed by atoms with Crippen molar-refractivity contribution in [3.05, 3.63) is 53.3 Å². The number of hydrogen-bond acceptors (Lipinski definition) is 3. The molecule has 2 atom stereocenters. The predicted octanol–water partition coefficient (Wildman–Crippen LogP) is 3.76. The number of piperidine rings is 1. The van der Waals surface area contributed by atoms with Crippen LogP contribution in [0, 0.1) is 25.7 Å². The lowest BCUT2D eigenvalue weighted by Crippen LogP contribution is -2.44. The second-order valence-corrected chi connectivity index (χ2v) is 7.78. The van der Waals surface area contributed by atoms with Crippen LogP contribution < -0.4 is 0 Å². The molecule has 1 aromatic heterocycles. The smallest absolute Gasteiger partial charge is 0.340 e. The fourth-order valence-electron chi connectivity index (χ4n) is 4.11. The molecule has 1 fully saturated rings. The van der Waals surface area contributed by atoms with E-state index in [9.17, 15) is 9.59 Å². The minimum Gasteiger partial charge on any atom is -0.452 e. The highest BCUT2D eigenvalue weighted by atomic mass is 16.5. The molecule has 5 nitrogen and oxygen atoms in total. The summed E-state index contributed by atoms with van der Waals surface area (Å²) in [4.78, 5) is 26.8. The van der Waals surface area contributed by atoms with Crippen molar-refractivity contribution in [2.24, 2.45) is 11.8 Å². The van der Waals surface area contributed by atoms with Crippen LogP contribution in [0.5, 0.6) is 0 Å². The van der Waals surface area contributed by atoms with Gasteiger partial charge in [-0.1, -0.05) is 32.0 Å². The van der Waals surface area contributed by atoms with Crippen LogP contribution in [0.25, 0.3) is 5.69 Å². The molecule has 1 aliphatic rings. The molecule has 0 radical (unpaired) electrons. The predicted molar refractivity (Wildman–Crippen MR) is 105 cm³/mol. The summed E-state index contributed by atoms with van der Waals surface area (Å²) in [5, 5.41) is 0. The summed E-state index contributed by atoms with van der Waals surface area (Å²) < 4.78 is 7.38. The number of esters is 1. The van der Waals surface area contributed by atoms with Gasteiger partial charge in [0.25, 0.3) is 5.91 Å². The Morgan fingerprint density at radius 1 is 1.07 bits per heavy atom. The van der Waals surface area contributed by atoms with Gasteiger partial charge in [0.05, 0.1) is 5.56 Å². The molecule has 3 rings (SSSR count). The lowest BCUT2D eigenvalue weighted by Gasteiger charge is -2.34. The summed E-state index contributed by atoms with van der Waals surface area (Å²) >= 11 is 0. The van der Waals surface area contributed by atoms with Gasteiger partial charge in [-0.2, -0.15) is 0 Å². The van der Waals surface area contributed by atoms with Gasteiger partial charge >= 0.3 is 5.97 Å². The Morgan fingerprint density at radius 2 is 1.70 bits per heavy atom. The Balaban J connectivity index is 1.68. The van der Waals surface area contributed by atoms with Gasteiger partial charge in [0.1, 0.15) is 0 Å². The van der Waals surface area contributed by atoms with E-state index >= 15 is 0 Å². The maximum atomic E-state index is 12.6. The largest absolute Gasteiger partial charge is 0.452 e. The molecule has 2 aromatic rings. The Hall–Kier alpha value is -2.56. The molecule has 144 valence electrons. The minimum atomic E-state index is -0.447. The third-order valence-corrected chi connectivity index (χ3v) is 5.21. The molecule has 1 aliphatic heterocycles. The molecule has 0 spiro atoms. The van der Waals surface area contributed by atoms with Crippen LogP contribution in [0.2, 0.25) is 0 Å². The summed E-state index contributed by atoms with van der Waals surface area (Å²) in [5.74, 6) is 0.409. The molecule has 27 heavy (non-hydrogen) atoms. The first kappa shape index (κ1) is 19.2. The number of aromatic nitrogens is 1. The summed E-state index contributed by atoms with van der Waals surface area (Å²) in [6.07, 6.45) is 1.13. The fraction of sp³-hybridized carbons (Fsp3) is 0.455. The molecule has 5 heteroatoms. The summed E-state index contributed by atoms with van der Waals surface area (Å²) in [6.45, 7) is 9.44. The van der Waals surface area contributed by atoms with Crippen molar-refractivity contribution in [1.29, 1.82) is 0 Å². The Bertz CT molecular complexity index is 816. The van der Waals surface area contributed by atoms with Crippen LogP contribution >= 0.6 is 0 Å². The van der Waals surface area contributed by atoms with Crippen molar-refractivity contribution in [2.75, 3.05) is 19.7 Å². The molecule has 1 saturated heterocycles. The molecule has 1 aromatic carbocycles. The first-order chi connectivity index (χ1) is 12.9. The van der Waals surface area contributed by atoms with Gasteiger partial charge in [-0.05, 0) is 50.3 Å². The van der Waals surface area contributed by atoms with Crippen LogP contribution in [0.15, 0.2) is 36.4 Å². The van der Waals surface area contributed by atoms with Gasteiger partial charge in [0, 0.05) is 30.2 Å². The Morgan fingerprint density at radius 3 is 2.33 bits per heavy atom. The number of para-hydroxylation sites is 1. The van der Waals surface area contributed by atoms with Gasteiger partial charge in [-0.25, -0.2) is 4.79 Å². The number of ether oxygens (including phenoxy) is 1. The molecule has 0 bridgehead atoms. The number of rotatable bonds is 4. The van der Waals surface area contributed by atoms with Gasteiger partial charge in [-0.15, -0.1) is 0 Å². The Labute approximate surface area is 160 Å². The maximum absolute atomic E-state index is 12.6. The lowest BCUT2D eigenvalue weighted by atomic mass is 9.92. The number of carbonyl (C=O) groups is 2. The number of hydrogen-bond donors (Lipinski definition) is 0. The average molecular weight is 368 g/mol. The van der Waals surface area contributed by atoms with E-state index in [2.05, 4.69) is 13.8 Å². The summed E-state index contributed by atoms with van der Waals surface area (Å²) in [6, 6.07) is 11.7. The highest BCUT2D eigenvalue weighted by Gasteiger charge is 2.26. The molecule has 0 N–H and O–H groups in total. The normalized spacial score (nSPS) is 19.8. The second kappa shape index (κ2) is 7.99. The molecule has 0 unspecified atom stereocenters. The van der Waals surface area contributed by atoms with Crippen LogP contribution in [0.4, 0.5) is 0 Å². The third-order valence-electron chi connectivity index (χ3n) is 5.21. The van der Waals surface area contributed by atoms with Crippen molar-refractivity contribution in [3.63, 3.8) is 0 Å². The first-order valence-electron chi connectivity index (χ1n) is 9.56. The Kier molecular flexibility index (Phi) is 5.68. The molecular formula is C22H28N2O3. The van der Waals surface area contributed by atoms with Crippen LogP contribution in [0.3, 0.4) is 0 Å². The first-order valence-corrected chi connectivity index (χ1v) is 9.56. The number of amides is 1. The monoisotopic (exact) mass is 368 g/mol. The van der Waals surface area contributed by atoms with E-state index in [1.807, 2.05) is 59.7 Å². The van der Waals surface area contributed by atoms with E-state index in [0.29, 0.717) is 17.4 Å². The van der Waals surface area contributed by atoms with Gasteiger partial charge in [0.15, 0.2) is 6.61 Å². The van der Waals surface area contributed by atoms with Gasteiger partial charge in [0.2, 0.25) is 0 Å². The van der Waals surface area contributed by atoms with E-state index in [1.165, 1.54) is 0 Å². The van der Waals surface area contributed by atoms with E-state index in [4.69, 9.17) is 4.74 Å². The SMILES string of the molecule is Cc1cc(C(=O)OCC(=O)N2C[C@H](C)C[C@H](C)C2)c(C)n1-c1ccccc1. The van der Waals surface area contributed by atoms with Crippen molar-refractivity contribution in [3.8, 4) is 5.69 Å². The standard InChI is InChI=1S/C22H28N2O3/c1-15-10-16(2)13-23(12-15)21(25)14-27-22(26)20-11-17(3)24(18(20)4)19-8-6-5-7-9-19/h5-9,11,15-16H,10,12-14H2,1-4H3/t15-,16+. The quantitative estimate of drug-likeness (QED) is 0.772. The van der Waals surface area contributed by atoms with Crippen LogP contribution in [-0.2, 0) is 9.53 Å². The van der Waals surface area contributed by atoms with Crippen molar-refractivity contribution < 1.29 is 14.3 Å². The fourth-order valence-corrected chi connectivity index (χ4v) is 4.11. The molecular weight excluding hydrogens is 340 g/mol. The van der Waals surface area contributed by atoms with Gasteiger partial charge in [-0.3, -0.25) is 4.79 Å². The lowest BCUT2D eigenvalue weighted by molar-refractivity contribution is -0.137. The number of benzene rings is 1. The summed E-state index contributed by atoms with van der Waals surface area (Å²) in [5.41, 5.74) is 3.27. The number of likely N-dealkylation sites (tertiary alicyclic amines) is 1. The van der Waals surface area contributed by atoms with Crippen molar-refractivity contribution >= 4 is 11.9 Å². The second-order valence-electron chi connectivity index (χ2n) is 7.78. The maximum Gasteiger partial charge on any atom is 0.340 e. The molecule has 2 heterocycles. The highest BCUT2D eigenvalue weighted by Crippen LogP contribution is 2.23. The van der Waals surface area contributed by atoms with Crippen molar-refractivity contribution in [1.82, 2.24) is 9.47 Å². The topological polar surface area (TPSA) is 51.5 Å². The molecule has 0 aliphatic carbocycles. The van der Waals surface area contributed by atoms with Crippen molar-refractivity contribution in [2.45, 2.75) is 34.1 Å². The molecule has 1 amide bonds. The zero-order valence-corrected chi connectivity index (χ0v) is 16.6. The van der Waals surface area contributed by atoms with Crippen LogP contribution in [0.1, 0.15) is 42.0 Å². The van der Waals surface area contributed by atoms with E-state index in [-0.39, 0.29) is 12.5 Å². The minimum absolute atomic E-state index is 0.112. The van der Waals surface area contributed by atoms with E-state index in [0.717, 1.165) is 36.6 Å². The van der Waals surface area contributed by atoms with Gasteiger partial charge < -0.3 is 14.2 Å². The summed E-state index contributed by atoms with van der Waals surface area (Å²) in [7, 11) is 0.